The summed E-state index contributed by atoms with van der Waals surface area (Å²) in [4.78, 5) is 0.285. The number of hydrogen-bond acceptors (Lipinski definition) is 3. The smallest absolute Gasteiger partial charge is 0.240 e. The van der Waals surface area contributed by atoms with E-state index < -0.39 is 10.0 Å². The maximum atomic E-state index is 12.3. The van der Waals surface area contributed by atoms with E-state index in [1.54, 1.807) is 29.2 Å². The van der Waals surface area contributed by atoms with Gasteiger partial charge in [0.05, 0.1) is 16.1 Å². The summed E-state index contributed by atoms with van der Waals surface area (Å²) in [6.07, 6.45) is 3.90. The van der Waals surface area contributed by atoms with Crippen molar-refractivity contribution in [2.75, 3.05) is 6.54 Å². The zero-order chi connectivity index (χ0) is 17.1. The molecule has 126 valence electrons. The van der Waals surface area contributed by atoms with Gasteiger partial charge < -0.3 is 0 Å². The zero-order valence-corrected chi connectivity index (χ0v) is 15.2. The predicted octanol–water partition coefficient (Wildman–Crippen LogP) is 3.20. The molecule has 0 bridgehead atoms. The molecule has 5 nitrogen and oxygen atoms in total. The summed E-state index contributed by atoms with van der Waals surface area (Å²) < 4.78 is 28.8. The van der Waals surface area contributed by atoms with Crippen LogP contribution >= 0.6 is 11.6 Å². The molecule has 0 fully saturated rings. The maximum Gasteiger partial charge on any atom is 0.240 e. The molecule has 0 aliphatic rings. The highest BCUT2D eigenvalue weighted by atomic mass is 35.5. The van der Waals surface area contributed by atoms with Crippen LogP contribution < -0.4 is 4.72 Å². The Hall–Kier alpha value is -1.37. The van der Waals surface area contributed by atoms with E-state index in [-0.39, 0.29) is 10.3 Å². The van der Waals surface area contributed by atoms with Crippen molar-refractivity contribution in [1.29, 1.82) is 0 Å². The molecular weight excluding hydrogens is 334 g/mol. The fourth-order valence-corrected chi connectivity index (χ4v) is 3.36. The highest BCUT2D eigenvalue weighted by Gasteiger charge is 2.17. The van der Waals surface area contributed by atoms with Gasteiger partial charge >= 0.3 is 0 Å². The Labute approximate surface area is 142 Å². The first-order valence-electron chi connectivity index (χ1n) is 7.47. The average molecular weight is 356 g/mol. The molecule has 23 heavy (non-hydrogen) atoms. The summed E-state index contributed by atoms with van der Waals surface area (Å²) in [6.45, 7) is 7.24. The van der Waals surface area contributed by atoms with Crippen LogP contribution in [0.4, 0.5) is 0 Å². The van der Waals surface area contributed by atoms with Crippen LogP contribution in [0.15, 0.2) is 41.6 Å². The zero-order valence-electron chi connectivity index (χ0n) is 13.6. The summed E-state index contributed by atoms with van der Waals surface area (Å²) in [5, 5.41) is 4.62. The van der Waals surface area contributed by atoms with E-state index in [1.807, 2.05) is 12.1 Å². The second-order valence-electron chi connectivity index (χ2n) is 6.45. The molecule has 0 aliphatic heterocycles. The number of halogens is 1. The van der Waals surface area contributed by atoms with Crippen molar-refractivity contribution in [2.24, 2.45) is 0 Å². The standard InChI is InChI=1S/C16H22ClN3O2S/c1-16(2,3)13-5-7-15(8-6-13)23(21,22)19-9-4-10-20-12-14(17)11-18-20/h5-8,11-12,19H,4,9-10H2,1-3H3. The van der Waals surface area contributed by atoms with Gasteiger partial charge in [0.25, 0.3) is 0 Å². The molecule has 1 aromatic heterocycles. The van der Waals surface area contributed by atoms with E-state index >= 15 is 0 Å². The lowest BCUT2D eigenvalue weighted by Crippen LogP contribution is -2.25. The Bertz CT molecular complexity index is 746. The number of aryl methyl sites for hydroxylation is 1. The summed E-state index contributed by atoms with van der Waals surface area (Å²) in [6, 6.07) is 7.02. The van der Waals surface area contributed by atoms with Crippen molar-refractivity contribution in [3.63, 3.8) is 0 Å². The molecule has 1 aromatic carbocycles. The van der Waals surface area contributed by atoms with Crippen LogP contribution in [0, 0.1) is 0 Å². The molecule has 0 unspecified atom stereocenters. The molecule has 0 spiro atoms. The molecule has 0 saturated carbocycles. The van der Waals surface area contributed by atoms with Gasteiger partial charge in [-0.25, -0.2) is 13.1 Å². The first-order chi connectivity index (χ1) is 10.7. The second-order valence-corrected chi connectivity index (χ2v) is 8.65. The van der Waals surface area contributed by atoms with E-state index in [9.17, 15) is 8.42 Å². The molecule has 1 N–H and O–H groups in total. The predicted molar refractivity (Wildman–Crippen MR) is 92.2 cm³/mol. The highest BCUT2D eigenvalue weighted by molar-refractivity contribution is 7.89. The fraction of sp³-hybridized carbons (Fsp3) is 0.438. The summed E-state index contributed by atoms with van der Waals surface area (Å²) in [5.41, 5.74) is 1.10. The Morgan fingerprint density at radius 1 is 1.22 bits per heavy atom. The Morgan fingerprint density at radius 2 is 1.87 bits per heavy atom. The first-order valence-corrected chi connectivity index (χ1v) is 9.33. The van der Waals surface area contributed by atoms with Crippen LogP contribution in [-0.4, -0.2) is 24.7 Å². The van der Waals surface area contributed by atoms with Crippen molar-refractivity contribution >= 4 is 21.6 Å². The number of hydrogen-bond donors (Lipinski definition) is 1. The van der Waals surface area contributed by atoms with Gasteiger partial charge in [-0.3, -0.25) is 4.68 Å². The molecule has 1 heterocycles. The minimum Gasteiger partial charge on any atom is -0.271 e. The van der Waals surface area contributed by atoms with Gasteiger partial charge in [0, 0.05) is 19.3 Å². The van der Waals surface area contributed by atoms with Crippen LogP contribution in [0.2, 0.25) is 5.02 Å². The average Bonchev–Trinajstić information content (AvgIpc) is 2.88. The SMILES string of the molecule is CC(C)(C)c1ccc(S(=O)(=O)NCCCn2cc(Cl)cn2)cc1. The van der Waals surface area contributed by atoms with Crippen molar-refractivity contribution < 1.29 is 8.42 Å². The van der Waals surface area contributed by atoms with E-state index in [1.165, 1.54) is 0 Å². The molecule has 0 atom stereocenters. The Morgan fingerprint density at radius 3 is 2.39 bits per heavy atom. The lowest BCUT2D eigenvalue weighted by Gasteiger charge is -2.19. The third-order valence-corrected chi connectivity index (χ3v) is 5.16. The number of rotatable bonds is 6. The van der Waals surface area contributed by atoms with Crippen LogP contribution in [0.1, 0.15) is 32.8 Å². The van der Waals surface area contributed by atoms with Crippen molar-refractivity contribution in [3.8, 4) is 0 Å². The normalized spacial score (nSPS) is 12.5. The minimum atomic E-state index is -3.48. The molecule has 0 aliphatic carbocycles. The third kappa shape index (κ3) is 5.06. The Balaban J connectivity index is 1.91. The van der Waals surface area contributed by atoms with Gasteiger partial charge in [0.1, 0.15) is 0 Å². The Kier molecular flexibility index (Phi) is 5.49. The third-order valence-electron chi connectivity index (χ3n) is 3.49. The molecule has 2 rings (SSSR count). The fourth-order valence-electron chi connectivity index (χ4n) is 2.13. The van der Waals surface area contributed by atoms with E-state index in [0.29, 0.717) is 24.5 Å². The van der Waals surface area contributed by atoms with Crippen LogP contribution in [-0.2, 0) is 22.0 Å². The van der Waals surface area contributed by atoms with E-state index in [0.717, 1.165) is 5.56 Å². The summed E-state index contributed by atoms with van der Waals surface area (Å²) in [5.74, 6) is 0. The van der Waals surface area contributed by atoms with Crippen molar-refractivity contribution in [3.05, 3.63) is 47.2 Å². The van der Waals surface area contributed by atoms with Crippen LogP contribution in [0.25, 0.3) is 0 Å². The number of aromatic nitrogens is 2. The molecule has 7 heteroatoms. The van der Waals surface area contributed by atoms with Gasteiger partial charge in [-0.1, -0.05) is 44.5 Å². The van der Waals surface area contributed by atoms with Crippen LogP contribution in [0.3, 0.4) is 0 Å². The van der Waals surface area contributed by atoms with Gasteiger partial charge in [0.2, 0.25) is 10.0 Å². The topological polar surface area (TPSA) is 64.0 Å². The molecule has 0 saturated heterocycles. The molecule has 2 aromatic rings. The van der Waals surface area contributed by atoms with Gasteiger partial charge in [0.15, 0.2) is 0 Å². The first kappa shape index (κ1) is 18.0. The van der Waals surface area contributed by atoms with Gasteiger partial charge in [-0.2, -0.15) is 5.10 Å². The summed E-state index contributed by atoms with van der Waals surface area (Å²) >= 11 is 5.78. The minimum absolute atomic E-state index is 0.000752. The second kappa shape index (κ2) is 7.03. The number of nitrogens with zero attached hydrogens (tertiary/aromatic N) is 2. The molecular formula is C16H22ClN3O2S. The monoisotopic (exact) mass is 355 g/mol. The number of sulfonamides is 1. The number of nitrogens with one attached hydrogen (secondary N) is 1. The largest absolute Gasteiger partial charge is 0.271 e. The summed E-state index contributed by atoms with van der Waals surface area (Å²) in [7, 11) is -3.48. The van der Waals surface area contributed by atoms with Crippen molar-refractivity contribution in [2.45, 2.75) is 44.0 Å². The van der Waals surface area contributed by atoms with Crippen molar-refractivity contribution in [1.82, 2.24) is 14.5 Å². The van der Waals surface area contributed by atoms with Gasteiger partial charge in [-0.05, 0) is 29.5 Å². The van der Waals surface area contributed by atoms with E-state index in [2.05, 4.69) is 30.6 Å². The highest BCUT2D eigenvalue weighted by Crippen LogP contribution is 2.23. The maximum absolute atomic E-state index is 12.3. The van der Waals surface area contributed by atoms with Crippen LogP contribution in [0.5, 0.6) is 0 Å². The lowest BCUT2D eigenvalue weighted by atomic mass is 9.87. The molecule has 0 amide bonds. The van der Waals surface area contributed by atoms with E-state index in [4.69, 9.17) is 11.6 Å². The molecule has 0 radical (unpaired) electrons. The van der Waals surface area contributed by atoms with Gasteiger partial charge in [-0.15, -0.1) is 0 Å². The lowest BCUT2D eigenvalue weighted by molar-refractivity contribution is 0.552. The quantitative estimate of drug-likeness (QED) is 0.809. The number of benzene rings is 1.